The quantitative estimate of drug-likeness (QED) is 0.850. The number of piperidine rings is 1. The van der Waals surface area contributed by atoms with E-state index in [-0.39, 0.29) is 5.82 Å². The SMILES string of the molecule is CO[C@@]1(COc2ccc(F)cc2)CCCN(CC2(O)CCOCC2)C1. The molecule has 3 rings (SSSR count). The van der Waals surface area contributed by atoms with E-state index in [1.165, 1.54) is 12.1 Å². The van der Waals surface area contributed by atoms with Gasteiger partial charge in [0.25, 0.3) is 0 Å². The van der Waals surface area contributed by atoms with E-state index in [2.05, 4.69) is 4.90 Å². The molecule has 1 aromatic carbocycles. The van der Waals surface area contributed by atoms with Gasteiger partial charge in [0.2, 0.25) is 0 Å². The van der Waals surface area contributed by atoms with Gasteiger partial charge in [0, 0.05) is 46.3 Å². The summed E-state index contributed by atoms with van der Waals surface area (Å²) in [5.41, 5.74) is -1.08. The summed E-state index contributed by atoms with van der Waals surface area (Å²) in [7, 11) is 1.71. The number of nitrogens with zero attached hydrogens (tertiary/aromatic N) is 1. The fraction of sp³-hybridized carbons (Fsp3) is 0.684. The third kappa shape index (κ3) is 4.91. The smallest absolute Gasteiger partial charge is 0.123 e. The summed E-state index contributed by atoms with van der Waals surface area (Å²) in [6.45, 7) is 3.95. The molecule has 0 aromatic heterocycles. The van der Waals surface area contributed by atoms with E-state index in [0.29, 0.717) is 51.5 Å². The van der Waals surface area contributed by atoms with Gasteiger partial charge in [-0.3, -0.25) is 4.90 Å². The highest BCUT2D eigenvalue weighted by molar-refractivity contribution is 5.22. The molecule has 0 saturated carbocycles. The zero-order valence-corrected chi connectivity index (χ0v) is 14.9. The molecule has 0 amide bonds. The van der Waals surface area contributed by atoms with Crippen LogP contribution in [-0.2, 0) is 9.47 Å². The minimum Gasteiger partial charge on any atom is -0.491 e. The average molecular weight is 353 g/mol. The Labute approximate surface area is 148 Å². The zero-order chi connectivity index (χ0) is 17.8. The molecule has 1 N–H and O–H groups in total. The van der Waals surface area contributed by atoms with Gasteiger partial charge in [-0.05, 0) is 43.7 Å². The maximum atomic E-state index is 13.0. The fourth-order valence-electron chi connectivity index (χ4n) is 3.74. The van der Waals surface area contributed by atoms with E-state index in [9.17, 15) is 9.50 Å². The molecule has 5 nitrogen and oxygen atoms in total. The second kappa shape index (κ2) is 7.99. The number of benzene rings is 1. The lowest BCUT2D eigenvalue weighted by atomic mass is 9.89. The molecule has 2 aliphatic heterocycles. The summed E-state index contributed by atoms with van der Waals surface area (Å²) in [5.74, 6) is 0.361. The number of hydrogen-bond donors (Lipinski definition) is 1. The molecular weight excluding hydrogens is 325 g/mol. The third-order valence-corrected chi connectivity index (χ3v) is 5.31. The summed E-state index contributed by atoms with van der Waals surface area (Å²) in [6, 6.07) is 6.04. The molecule has 0 aliphatic carbocycles. The maximum absolute atomic E-state index is 13.0. The van der Waals surface area contributed by atoms with Crippen LogP contribution in [0.4, 0.5) is 4.39 Å². The molecule has 25 heavy (non-hydrogen) atoms. The molecule has 0 spiro atoms. The van der Waals surface area contributed by atoms with Crippen LogP contribution in [0.1, 0.15) is 25.7 Å². The summed E-state index contributed by atoms with van der Waals surface area (Å²) in [6.07, 6.45) is 3.25. The van der Waals surface area contributed by atoms with E-state index in [1.54, 1.807) is 19.2 Å². The van der Waals surface area contributed by atoms with E-state index in [0.717, 1.165) is 19.4 Å². The average Bonchev–Trinajstić information content (AvgIpc) is 2.62. The fourth-order valence-corrected chi connectivity index (χ4v) is 3.74. The highest BCUT2D eigenvalue weighted by Crippen LogP contribution is 2.29. The Kier molecular flexibility index (Phi) is 5.94. The predicted molar refractivity (Wildman–Crippen MR) is 92.3 cm³/mol. The van der Waals surface area contributed by atoms with Crippen LogP contribution >= 0.6 is 0 Å². The van der Waals surface area contributed by atoms with Crippen molar-refractivity contribution in [1.29, 1.82) is 0 Å². The van der Waals surface area contributed by atoms with Gasteiger partial charge >= 0.3 is 0 Å². The molecule has 0 radical (unpaired) electrons. The third-order valence-electron chi connectivity index (χ3n) is 5.31. The van der Waals surface area contributed by atoms with Crippen LogP contribution in [0.3, 0.4) is 0 Å². The molecule has 140 valence electrons. The van der Waals surface area contributed by atoms with Crippen molar-refractivity contribution in [2.24, 2.45) is 0 Å². The highest BCUT2D eigenvalue weighted by atomic mass is 19.1. The first-order valence-corrected chi connectivity index (χ1v) is 8.99. The highest BCUT2D eigenvalue weighted by Gasteiger charge is 2.40. The second-order valence-electron chi connectivity index (χ2n) is 7.28. The molecule has 0 bridgehead atoms. The van der Waals surface area contributed by atoms with E-state index < -0.39 is 11.2 Å². The molecule has 1 atom stereocenters. The van der Waals surface area contributed by atoms with Crippen LogP contribution in [0.5, 0.6) is 5.75 Å². The Morgan fingerprint density at radius 3 is 2.60 bits per heavy atom. The number of halogens is 1. The lowest BCUT2D eigenvalue weighted by molar-refractivity contribution is -0.120. The van der Waals surface area contributed by atoms with Crippen molar-refractivity contribution in [3.8, 4) is 5.75 Å². The topological polar surface area (TPSA) is 51.2 Å². The number of β-amino-alcohol motifs (C(OH)–C–C–N with tert-alkyl or cyclic N) is 1. The molecular formula is C19H28FNO4. The number of aliphatic hydroxyl groups is 1. The summed E-state index contributed by atoms with van der Waals surface area (Å²) in [4.78, 5) is 2.27. The van der Waals surface area contributed by atoms with Crippen molar-refractivity contribution in [3.05, 3.63) is 30.1 Å². The second-order valence-corrected chi connectivity index (χ2v) is 7.28. The molecule has 0 unspecified atom stereocenters. The van der Waals surface area contributed by atoms with Crippen molar-refractivity contribution in [3.63, 3.8) is 0 Å². The standard InChI is InChI=1S/C19H28FNO4/c1-23-19(15-25-17-5-3-16(20)4-6-17)7-2-10-21(14-19)13-18(22)8-11-24-12-9-18/h3-6,22H,2,7-15H2,1H3/t19-/m0/s1. The molecule has 2 fully saturated rings. The van der Waals surface area contributed by atoms with E-state index >= 15 is 0 Å². The van der Waals surface area contributed by atoms with Crippen LogP contribution in [0.25, 0.3) is 0 Å². The Morgan fingerprint density at radius 1 is 1.20 bits per heavy atom. The maximum Gasteiger partial charge on any atom is 0.123 e. The lowest BCUT2D eigenvalue weighted by Crippen LogP contribution is -2.57. The van der Waals surface area contributed by atoms with Gasteiger partial charge in [0.15, 0.2) is 0 Å². The molecule has 1 aromatic rings. The zero-order valence-electron chi connectivity index (χ0n) is 14.9. The van der Waals surface area contributed by atoms with E-state index in [4.69, 9.17) is 14.2 Å². The van der Waals surface area contributed by atoms with E-state index in [1.807, 2.05) is 0 Å². The largest absolute Gasteiger partial charge is 0.491 e. The van der Waals surface area contributed by atoms with Gasteiger partial charge in [-0.1, -0.05) is 0 Å². The number of ether oxygens (including phenoxy) is 3. The Morgan fingerprint density at radius 2 is 1.92 bits per heavy atom. The van der Waals surface area contributed by atoms with Gasteiger partial charge in [-0.25, -0.2) is 4.39 Å². The predicted octanol–water partition coefficient (Wildman–Crippen LogP) is 2.23. The van der Waals surface area contributed by atoms with Crippen LogP contribution in [0, 0.1) is 5.82 Å². The van der Waals surface area contributed by atoms with Gasteiger partial charge in [-0.15, -0.1) is 0 Å². The van der Waals surface area contributed by atoms with Crippen LogP contribution in [0.15, 0.2) is 24.3 Å². The molecule has 2 saturated heterocycles. The molecule has 2 aliphatic rings. The Hall–Kier alpha value is -1.21. The van der Waals surface area contributed by atoms with Crippen LogP contribution in [-0.4, -0.2) is 67.8 Å². The van der Waals surface area contributed by atoms with Crippen molar-refractivity contribution in [2.45, 2.75) is 36.9 Å². The van der Waals surface area contributed by atoms with Crippen molar-refractivity contribution in [1.82, 2.24) is 4.90 Å². The normalized spacial score (nSPS) is 27.2. The van der Waals surface area contributed by atoms with Gasteiger partial charge in [0.1, 0.15) is 23.8 Å². The number of methoxy groups -OCH3 is 1. The first-order chi connectivity index (χ1) is 12.0. The monoisotopic (exact) mass is 353 g/mol. The minimum absolute atomic E-state index is 0.276. The first kappa shape index (κ1) is 18.6. The van der Waals surface area contributed by atoms with Crippen molar-refractivity contribution < 1.29 is 23.7 Å². The summed E-state index contributed by atoms with van der Waals surface area (Å²) in [5, 5.41) is 10.8. The lowest BCUT2D eigenvalue weighted by Gasteiger charge is -2.45. The number of likely N-dealkylation sites (tertiary alicyclic amines) is 1. The van der Waals surface area contributed by atoms with Gasteiger partial charge in [0.05, 0.1) is 5.60 Å². The van der Waals surface area contributed by atoms with Crippen LogP contribution in [0.2, 0.25) is 0 Å². The summed E-state index contributed by atoms with van der Waals surface area (Å²) < 4.78 is 30.1. The number of rotatable bonds is 6. The van der Waals surface area contributed by atoms with Crippen molar-refractivity contribution in [2.75, 3.05) is 46.6 Å². The molecule has 2 heterocycles. The van der Waals surface area contributed by atoms with Crippen LogP contribution < -0.4 is 4.74 Å². The first-order valence-electron chi connectivity index (χ1n) is 8.99. The van der Waals surface area contributed by atoms with Gasteiger partial charge in [-0.2, -0.15) is 0 Å². The Bertz CT molecular complexity index is 547. The minimum atomic E-state index is -0.674. The van der Waals surface area contributed by atoms with Gasteiger partial charge < -0.3 is 19.3 Å². The summed E-state index contributed by atoms with van der Waals surface area (Å²) >= 11 is 0. The van der Waals surface area contributed by atoms with Crippen molar-refractivity contribution >= 4 is 0 Å². The Balaban J connectivity index is 1.59. The number of hydrogen-bond acceptors (Lipinski definition) is 5. The molecule has 6 heteroatoms.